The Balaban J connectivity index is 0. The lowest BCUT2D eigenvalue weighted by atomic mass is 10.8. The van der Waals surface area contributed by atoms with E-state index in [1.54, 1.807) is 11.8 Å². The van der Waals surface area contributed by atoms with E-state index in [9.17, 15) is 0 Å². The molecule has 0 aliphatic carbocycles. The largest absolute Gasteiger partial charge is 0.528 e. The minimum atomic E-state index is -2.51. The van der Waals surface area contributed by atoms with Gasteiger partial charge in [0.1, 0.15) is 0 Å². The molecule has 0 aliphatic rings. The zero-order chi connectivity index (χ0) is 12.2. The number of rotatable bonds is 7. The van der Waals surface area contributed by atoms with Crippen LogP contribution in [0, 0.1) is 0 Å². The van der Waals surface area contributed by atoms with Gasteiger partial charge in [-0.25, -0.2) is 0 Å². The van der Waals surface area contributed by atoms with Crippen LogP contribution in [0.3, 0.4) is 0 Å². The molecule has 0 saturated heterocycles. The maximum Gasteiger partial charge on any atom is 0.528 e. The molecule has 0 radical (unpaired) electrons. The van der Waals surface area contributed by atoms with Gasteiger partial charge in [-0.3, -0.25) is 0 Å². The molecule has 0 atom stereocenters. The van der Waals surface area contributed by atoms with Crippen LogP contribution in [0.25, 0.3) is 0 Å². The second kappa shape index (κ2) is 11.7. The SMILES string of the molecule is C=CC.C=C[Si](OCC)(OCC)OCC. The lowest BCUT2D eigenvalue weighted by Crippen LogP contribution is -2.44. The summed E-state index contributed by atoms with van der Waals surface area (Å²) in [6.07, 6.45) is 1.75. The van der Waals surface area contributed by atoms with E-state index >= 15 is 0 Å². The molecule has 90 valence electrons. The first-order valence-electron chi connectivity index (χ1n) is 5.28. The van der Waals surface area contributed by atoms with E-state index in [2.05, 4.69) is 13.2 Å². The Bertz CT molecular complexity index is 143. The Hall–Kier alpha value is -0.423. The minimum absolute atomic E-state index is 0.595. The van der Waals surface area contributed by atoms with Crippen molar-refractivity contribution in [2.75, 3.05) is 19.8 Å². The highest BCUT2D eigenvalue weighted by Gasteiger charge is 2.36. The monoisotopic (exact) mass is 232 g/mol. The fraction of sp³-hybridized carbons (Fsp3) is 0.636. The van der Waals surface area contributed by atoms with Crippen LogP contribution in [0.1, 0.15) is 27.7 Å². The van der Waals surface area contributed by atoms with Crippen LogP contribution < -0.4 is 0 Å². The second-order valence-corrected chi connectivity index (χ2v) is 5.00. The van der Waals surface area contributed by atoms with Gasteiger partial charge in [0.15, 0.2) is 0 Å². The summed E-state index contributed by atoms with van der Waals surface area (Å²) in [5, 5.41) is 0. The molecule has 0 N–H and O–H groups in total. The molecule has 4 heteroatoms. The summed E-state index contributed by atoms with van der Waals surface area (Å²) < 4.78 is 16.3. The van der Waals surface area contributed by atoms with E-state index in [1.807, 2.05) is 27.7 Å². The van der Waals surface area contributed by atoms with Gasteiger partial charge < -0.3 is 13.3 Å². The molecule has 0 aromatic heterocycles. The topological polar surface area (TPSA) is 27.7 Å². The highest BCUT2D eigenvalue weighted by atomic mass is 28.4. The van der Waals surface area contributed by atoms with Gasteiger partial charge in [0, 0.05) is 19.8 Å². The zero-order valence-electron chi connectivity index (χ0n) is 10.4. The van der Waals surface area contributed by atoms with E-state index in [1.165, 1.54) is 0 Å². The summed E-state index contributed by atoms with van der Waals surface area (Å²) in [5.41, 5.74) is 1.67. The molecule has 0 aliphatic heterocycles. The summed E-state index contributed by atoms with van der Waals surface area (Å²) in [6.45, 7) is 16.5. The Morgan fingerprint density at radius 3 is 1.33 bits per heavy atom. The minimum Gasteiger partial charge on any atom is -0.371 e. The smallest absolute Gasteiger partial charge is 0.371 e. The molecule has 0 aromatic rings. The fourth-order valence-corrected chi connectivity index (χ4v) is 2.72. The summed E-state index contributed by atoms with van der Waals surface area (Å²) in [4.78, 5) is 0. The first kappa shape index (κ1) is 17.0. The molecule has 0 saturated carbocycles. The molecule has 0 heterocycles. The van der Waals surface area contributed by atoms with Gasteiger partial charge in [-0.2, -0.15) is 0 Å². The van der Waals surface area contributed by atoms with Gasteiger partial charge in [0.25, 0.3) is 0 Å². The van der Waals surface area contributed by atoms with Gasteiger partial charge in [-0.1, -0.05) is 12.7 Å². The molecular weight excluding hydrogens is 208 g/mol. The molecule has 0 spiro atoms. The van der Waals surface area contributed by atoms with Gasteiger partial charge >= 0.3 is 8.80 Å². The number of hydrogen-bond donors (Lipinski definition) is 0. The van der Waals surface area contributed by atoms with Crippen molar-refractivity contribution >= 4 is 8.80 Å². The van der Waals surface area contributed by atoms with Gasteiger partial charge in [0.05, 0.1) is 0 Å². The quantitative estimate of drug-likeness (QED) is 0.499. The van der Waals surface area contributed by atoms with E-state index in [-0.39, 0.29) is 0 Å². The number of hydrogen-bond acceptors (Lipinski definition) is 3. The maximum absolute atomic E-state index is 5.44. The van der Waals surface area contributed by atoms with Crippen molar-refractivity contribution in [2.45, 2.75) is 27.7 Å². The second-order valence-electron chi connectivity index (χ2n) is 2.51. The fourth-order valence-electron chi connectivity index (χ4n) is 0.905. The van der Waals surface area contributed by atoms with Crippen molar-refractivity contribution in [2.24, 2.45) is 0 Å². The van der Waals surface area contributed by atoms with Gasteiger partial charge in [-0.05, 0) is 33.4 Å². The van der Waals surface area contributed by atoms with E-state index in [0.29, 0.717) is 19.8 Å². The Morgan fingerprint density at radius 1 is 0.933 bits per heavy atom. The lowest BCUT2D eigenvalue weighted by molar-refractivity contribution is 0.0844. The van der Waals surface area contributed by atoms with Crippen molar-refractivity contribution in [3.05, 3.63) is 24.9 Å². The lowest BCUT2D eigenvalue weighted by Gasteiger charge is -2.24. The predicted molar refractivity (Wildman–Crippen MR) is 66.7 cm³/mol. The van der Waals surface area contributed by atoms with E-state index in [4.69, 9.17) is 13.3 Å². The third kappa shape index (κ3) is 8.56. The van der Waals surface area contributed by atoms with Crippen LogP contribution in [0.5, 0.6) is 0 Å². The maximum atomic E-state index is 5.44. The summed E-state index contributed by atoms with van der Waals surface area (Å²) in [6, 6.07) is 0. The van der Waals surface area contributed by atoms with Crippen LogP contribution in [0.15, 0.2) is 24.9 Å². The van der Waals surface area contributed by atoms with E-state index < -0.39 is 8.80 Å². The van der Waals surface area contributed by atoms with Crippen molar-refractivity contribution < 1.29 is 13.3 Å². The molecule has 0 rings (SSSR count). The molecule has 0 bridgehead atoms. The van der Waals surface area contributed by atoms with Crippen LogP contribution in [0.2, 0.25) is 0 Å². The summed E-state index contributed by atoms with van der Waals surface area (Å²) in [5.74, 6) is 0. The van der Waals surface area contributed by atoms with Crippen molar-refractivity contribution in [1.29, 1.82) is 0 Å². The Labute approximate surface area is 95.1 Å². The highest BCUT2D eigenvalue weighted by molar-refractivity contribution is 6.66. The average molecular weight is 232 g/mol. The summed E-state index contributed by atoms with van der Waals surface area (Å²) in [7, 11) is -2.51. The van der Waals surface area contributed by atoms with Crippen molar-refractivity contribution in [3.63, 3.8) is 0 Å². The molecule has 3 nitrogen and oxygen atoms in total. The van der Waals surface area contributed by atoms with Crippen LogP contribution >= 0.6 is 0 Å². The molecular formula is C11H24O3Si. The molecule has 0 aromatic carbocycles. The first-order chi connectivity index (χ1) is 7.16. The normalized spacial score (nSPS) is 10.1. The van der Waals surface area contributed by atoms with Crippen molar-refractivity contribution in [3.8, 4) is 0 Å². The third-order valence-corrected chi connectivity index (χ3v) is 3.86. The summed E-state index contributed by atoms with van der Waals surface area (Å²) >= 11 is 0. The Kier molecular flexibility index (Phi) is 13.2. The van der Waals surface area contributed by atoms with Crippen LogP contribution in [-0.4, -0.2) is 28.6 Å². The van der Waals surface area contributed by atoms with Gasteiger partial charge in [0.2, 0.25) is 0 Å². The van der Waals surface area contributed by atoms with Crippen molar-refractivity contribution in [1.82, 2.24) is 0 Å². The highest BCUT2D eigenvalue weighted by Crippen LogP contribution is 2.10. The van der Waals surface area contributed by atoms with E-state index in [0.717, 1.165) is 0 Å². The van der Waals surface area contributed by atoms with Crippen LogP contribution in [-0.2, 0) is 13.3 Å². The van der Waals surface area contributed by atoms with Gasteiger partial charge in [-0.15, -0.1) is 6.58 Å². The standard InChI is InChI=1S/C8H18O3Si.C3H6/c1-5-9-12(8-4,10-6-2)11-7-3;1-3-2/h8H,4-7H2,1-3H3;3H,1H2,2H3. The predicted octanol–water partition coefficient (Wildman–Crippen LogP) is 2.95. The van der Waals surface area contributed by atoms with Crippen LogP contribution in [0.4, 0.5) is 0 Å². The molecule has 15 heavy (non-hydrogen) atoms. The first-order valence-corrected chi connectivity index (χ1v) is 7.08. The molecule has 0 fully saturated rings. The number of allylic oxidation sites excluding steroid dienone is 1. The third-order valence-electron chi connectivity index (χ3n) is 1.29. The average Bonchev–Trinajstić information content (AvgIpc) is 2.20. The Morgan fingerprint density at radius 2 is 1.20 bits per heavy atom. The molecule has 0 amide bonds. The molecule has 0 unspecified atom stereocenters. The zero-order valence-corrected chi connectivity index (χ0v) is 11.4.